The van der Waals surface area contributed by atoms with Crippen molar-refractivity contribution in [2.45, 2.75) is 58.5 Å². The van der Waals surface area contributed by atoms with E-state index < -0.39 is 12.0 Å². The van der Waals surface area contributed by atoms with Crippen molar-refractivity contribution < 1.29 is 14.7 Å². The van der Waals surface area contributed by atoms with Crippen LogP contribution < -0.4 is 5.32 Å². The molecule has 2 N–H and O–H groups in total. The quantitative estimate of drug-likeness (QED) is 0.731. The molecule has 0 bridgehead atoms. The molecule has 0 aromatic carbocycles. The van der Waals surface area contributed by atoms with E-state index >= 15 is 0 Å². The van der Waals surface area contributed by atoms with Gasteiger partial charge in [0.15, 0.2) is 0 Å². The van der Waals surface area contributed by atoms with E-state index in [9.17, 15) is 14.7 Å². The van der Waals surface area contributed by atoms with Crippen LogP contribution in [0, 0.1) is 5.92 Å². The second-order valence-corrected chi connectivity index (χ2v) is 5.43. The number of carbonyl (C=O) groups is 2. The summed E-state index contributed by atoms with van der Waals surface area (Å²) in [4.78, 5) is 27.4. The average Bonchev–Trinajstić information content (AvgIpc) is 2.97. The van der Waals surface area contributed by atoms with E-state index in [2.05, 4.69) is 17.2 Å². The van der Waals surface area contributed by atoms with Gasteiger partial charge >= 0.3 is 5.97 Å². The van der Waals surface area contributed by atoms with Gasteiger partial charge in [-0.1, -0.05) is 33.6 Å². The molecule has 6 heteroatoms. The summed E-state index contributed by atoms with van der Waals surface area (Å²) in [6, 6.07) is -0.809. The monoisotopic (exact) mass is 295 g/mol. The van der Waals surface area contributed by atoms with Gasteiger partial charge in [-0.3, -0.25) is 4.79 Å². The molecule has 0 aliphatic carbocycles. The lowest BCUT2D eigenvalue weighted by molar-refractivity contribution is -0.143. The summed E-state index contributed by atoms with van der Waals surface area (Å²) < 4.78 is 1.90. The largest absolute Gasteiger partial charge is 0.480 e. The molecular weight excluding hydrogens is 270 g/mol. The standard InChI is InChI=1S/C15H25N3O3/c1-4-6-12(18-8-7-16-10-18)9-13(19)17-14(15(20)21)11(3)5-2/h7-8,10-12,14H,4-6,9H2,1-3H3,(H,17,19)(H,20,21)/t11?,12?,14-/m0/s1. The number of hydrogen-bond donors (Lipinski definition) is 2. The van der Waals surface area contributed by atoms with Crippen LogP contribution in [0.25, 0.3) is 0 Å². The Morgan fingerprint density at radius 2 is 2.10 bits per heavy atom. The lowest BCUT2D eigenvalue weighted by Gasteiger charge is -2.22. The molecular formula is C15H25N3O3. The first kappa shape index (κ1) is 17.2. The number of carbonyl (C=O) groups excluding carboxylic acids is 1. The Labute approximate surface area is 125 Å². The maximum absolute atomic E-state index is 12.2. The number of hydrogen-bond acceptors (Lipinski definition) is 3. The molecule has 0 spiro atoms. The highest BCUT2D eigenvalue weighted by atomic mass is 16.4. The smallest absolute Gasteiger partial charge is 0.326 e. The highest BCUT2D eigenvalue weighted by molar-refractivity contribution is 5.83. The molecule has 0 radical (unpaired) electrons. The summed E-state index contributed by atoms with van der Waals surface area (Å²) in [5.74, 6) is -1.30. The van der Waals surface area contributed by atoms with Gasteiger partial charge in [-0.15, -0.1) is 0 Å². The molecule has 0 aliphatic rings. The molecule has 21 heavy (non-hydrogen) atoms. The summed E-state index contributed by atoms with van der Waals surface area (Å²) in [6.45, 7) is 5.80. The molecule has 6 nitrogen and oxygen atoms in total. The van der Waals surface area contributed by atoms with E-state index in [0.29, 0.717) is 6.42 Å². The van der Waals surface area contributed by atoms with E-state index in [4.69, 9.17) is 0 Å². The van der Waals surface area contributed by atoms with Gasteiger partial charge in [0.2, 0.25) is 5.91 Å². The van der Waals surface area contributed by atoms with Crippen molar-refractivity contribution in [2.24, 2.45) is 5.92 Å². The topological polar surface area (TPSA) is 84.2 Å². The fourth-order valence-corrected chi connectivity index (χ4v) is 2.30. The van der Waals surface area contributed by atoms with Crippen molar-refractivity contribution in [3.05, 3.63) is 18.7 Å². The molecule has 0 saturated heterocycles. The summed E-state index contributed by atoms with van der Waals surface area (Å²) in [5.41, 5.74) is 0. The molecule has 1 heterocycles. The zero-order valence-electron chi connectivity index (χ0n) is 13.0. The third kappa shape index (κ3) is 5.21. The van der Waals surface area contributed by atoms with Gasteiger partial charge in [0, 0.05) is 24.9 Å². The number of nitrogens with one attached hydrogen (secondary N) is 1. The van der Waals surface area contributed by atoms with Crippen molar-refractivity contribution in [1.82, 2.24) is 14.9 Å². The Morgan fingerprint density at radius 3 is 2.57 bits per heavy atom. The molecule has 1 rings (SSSR count). The van der Waals surface area contributed by atoms with Crippen LogP contribution in [0.4, 0.5) is 0 Å². The molecule has 3 atom stereocenters. The zero-order valence-corrected chi connectivity index (χ0v) is 13.0. The molecule has 0 saturated carbocycles. The molecule has 0 aliphatic heterocycles. The lowest BCUT2D eigenvalue weighted by atomic mass is 9.98. The van der Waals surface area contributed by atoms with Crippen molar-refractivity contribution >= 4 is 11.9 Å². The normalized spacial score (nSPS) is 15.2. The van der Waals surface area contributed by atoms with Crippen molar-refractivity contribution in [2.75, 3.05) is 0 Å². The Morgan fingerprint density at radius 1 is 1.38 bits per heavy atom. The Hall–Kier alpha value is -1.85. The van der Waals surface area contributed by atoms with E-state index in [0.717, 1.165) is 12.8 Å². The van der Waals surface area contributed by atoms with E-state index in [-0.39, 0.29) is 24.3 Å². The number of rotatable bonds is 9. The lowest BCUT2D eigenvalue weighted by Crippen LogP contribution is -2.45. The molecule has 2 unspecified atom stereocenters. The predicted molar refractivity (Wildman–Crippen MR) is 79.8 cm³/mol. The fraction of sp³-hybridized carbons (Fsp3) is 0.667. The second-order valence-electron chi connectivity index (χ2n) is 5.43. The number of imidazole rings is 1. The fourth-order valence-electron chi connectivity index (χ4n) is 2.30. The highest BCUT2D eigenvalue weighted by Gasteiger charge is 2.26. The van der Waals surface area contributed by atoms with E-state index in [1.165, 1.54) is 0 Å². The molecule has 1 aromatic rings. The molecule has 118 valence electrons. The minimum atomic E-state index is -0.979. The van der Waals surface area contributed by atoms with Crippen LogP contribution in [-0.4, -0.2) is 32.6 Å². The first-order valence-corrected chi connectivity index (χ1v) is 7.49. The first-order chi connectivity index (χ1) is 9.99. The number of carboxylic acid groups (broad SMARTS) is 1. The number of carboxylic acids is 1. The van der Waals surface area contributed by atoms with Gasteiger partial charge in [-0.05, 0) is 12.3 Å². The maximum Gasteiger partial charge on any atom is 0.326 e. The van der Waals surface area contributed by atoms with Crippen LogP contribution >= 0.6 is 0 Å². The Kier molecular flexibility index (Phi) is 6.91. The van der Waals surface area contributed by atoms with E-state index in [1.807, 2.05) is 24.6 Å². The molecule has 1 amide bonds. The van der Waals surface area contributed by atoms with Crippen LogP contribution in [0.15, 0.2) is 18.7 Å². The summed E-state index contributed by atoms with van der Waals surface area (Å²) >= 11 is 0. The van der Waals surface area contributed by atoms with Gasteiger partial charge in [0.05, 0.1) is 6.33 Å². The molecule has 0 fully saturated rings. The minimum Gasteiger partial charge on any atom is -0.480 e. The zero-order chi connectivity index (χ0) is 15.8. The number of amides is 1. The van der Waals surface area contributed by atoms with Gasteiger partial charge in [-0.2, -0.15) is 0 Å². The van der Waals surface area contributed by atoms with Crippen molar-refractivity contribution in [3.8, 4) is 0 Å². The summed E-state index contributed by atoms with van der Waals surface area (Å²) in [5, 5.41) is 11.9. The average molecular weight is 295 g/mol. The van der Waals surface area contributed by atoms with Gasteiger partial charge in [-0.25, -0.2) is 9.78 Å². The maximum atomic E-state index is 12.2. The SMILES string of the molecule is CCCC(CC(=O)N[C@H](C(=O)O)C(C)CC)n1ccnc1. The Bertz CT molecular complexity index is 445. The third-order valence-electron chi connectivity index (χ3n) is 3.78. The Balaban J connectivity index is 2.67. The van der Waals surface area contributed by atoms with Crippen LogP contribution in [0.1, 0.15) is 52.5 Å². The minimum absolute atomic E-state index is 0.0175. The van der Waals surface area contributed by atoms with Gasteiger partial charge in [0.1, 0.15) is 6.04 Å². The third-order valence-corrected chi connectivity index (χ3v) is 3.78. The van der Waals surface area contributed by atoms with Gasteiger partial charge in [0.25, 0.3) is 0 Å². The number of nitrogens with zero attached hydrogens (tertiary/aromatic N) is 2. The van der Waals surface area contributed by atoms with Crippen LogP contribution in [0.5, 0.6) is 0 Å². The van der Waals surface area contributed by atoms with E-state index in [1.54, 1.807) is 12.5 Å². The molecule has 1 aromatic heterocycles. The first-order valence-electron chi connectivity index (χ1n) is 7.49. The number of aromatic nitrogens is 2. The summed E-state index contributed by atoms with van der Waals surface area (Å²) in [7, 11) is 0. The number of aliphatic carboxylic acids is 1. The van der Waals surface area contributed by atoms with Crippen LogP contribution in [-0.2, 0) is 9.59 Å². The van der Waals surface area contributed by atoms with Gasteiger partial charge < -0.3 is 15.0 Å². The summed E-state index contributed by atoms with van der Waals surface area (Å²) in [6.07, 6.45) is 7.98. The predicted octanol–water partition coefficient (Wildman–Crippen LogP) is 2.23. The highest BCUT2D eigenvalue weighted by Crippen LogP contribution is 2.18. The van der Waals surface area contributed by atoms with Crippen molar-refractivity contribution in [1.29, 1.82) is 0 Å². The van der Waals surface area contributed by atoms with Crippen molar-refractivity contribution in [3.63, 3.8) is 0 Å². The van der Waals surface area contributed by atoms with Crippen LogP contribution in [0.2, 0.25) is 0 Å². The second kappa shape index (κ2) is 8.44. The van der Waals surface area contributed by atoms with Crippen LogP contribution in [0.3, 0.4) is 0 Å².